The Morgan fingerprint density at radius 3 is 2.52 bits per heavy atom. The first-order chi connectivity index (χ1) is 10.9. The van der Waals surface area contributed by atoms with Gasteiger partial charge in [-0.05, 0) is 18.6 Å². The van der Waals surface area contributed by atoms with Crippen LogP contribution in [0.1, 0.15) is 39.0 Å². The number of methoxy groups -OCH3 is 1. The Kier molecular flexibility index (Phi) is 8.88. The Hall–Kier alpha value is -0.840. The lowest BCUT2D eigenvalue weighted by Gasteiger charge is -2.28. The number of amides is 1. The largest absolute Gasteiger partial charge is 0.495 e. The Bertz CT molecular complexity index is 492. The third-order valence-corrected chi connectivity index (χ3v) is 3.95. The summed E-state index contributed by atoms with van der Waals surface area (Å²) in [5.41, 5.74) is 0.637. The van der Waals surface area contributed by atoms with Crippen molar-refractivity contribution in [2.24, 2.45) is 0 Å². The van der Waals surface area contributed by atoms with E-state index in [1.807, 2.05) is 12.1 Å². The van der Waals surface area contributed by atoms with Crippen LogP contribution in [0.2, 0.25) is 0 Å². The number of rotatable bonds is 9. The van der Waals surface area contributed by atoms with Gasteiger partial charge in [-0.1, -0.05) is 73.1 Å². The number of benzene rings is 1. The smallest absolute Gasteiger partial charge is 0.228 e. The molecule has 0 saturated carbocycles. The first-order valence-corrected chi connectivity index (χ1v) is 8.77. The SMILES string of the molecule is CCCCCCC(=O)NC(Nc1ccccc1OC)C(Cl)(Cl)Cl. The minimum absolute atomic E-state index is 0.153. The summed E-state index contributed by atoms with van der Waals surface area (Å²) in [6, 6.07) is 7.23. The van der Waals surface area contributed by atoms with Crippen molar-refractivity contribution < 1.29 is 9.53 Å². The molecule has 0 aromatic heterocycles. The minimum Gasteiger partial charge on any atom is -0.495 e. The number of nitrogens with one attached hydrogen (secondary N) is 2. The standard InChI is InChI=1S/C16H23Cl3N2O2/c1-3-4-5-6-11-14(22)21-15(16(17,18)19)20-12-9-7-8-10-13(12)23-2/h7-10,15,20H,3-6,11H2,1-2H3,(H,21,22). The van der Waals surface area contributed by atoms with Crippen LogP contribution in [0.3, 0.4) is 0 Å². The molecule has 130 valence electrons. The van der Waals surface area contributed by atoms with Gasteiger partial charge in [-0.2, -0.15) is 0 Å². The van der Waals surface area contributed by atoms with Crippen LogP contribution in [-0.2, 0) is 4.79 Å². The fourth-order valence-corrected chi connectivity index (χ4v) is 2.39. The Morgan fingerprint density at radius 1 is 1.22 bits per heavy atom. The molecule has 7 heteroatoms. The second-order valence-electron chi connectivity index (χ2n) is 5.20. The lowest BCUT2D eigenvalue weighted by molar-refractivity contribution is -0.121. The maximum Gasteiger partial charge on any atom is 0.228 e. The molecule has 1 amide bonds. The van der Waals surface area contributed by atoms with E-state index in [2.05, 4.69) is 17.6 Å². The quantitative estimate of drug-likeness (QED) is 0.364. The highest BCUT2D eigenvalue weighted by molar-refractivity contribution is 6.68. The number of hydrogen-bond donors (Lipinski definition) is 2. The fraction of sp³-hybridized carbons (Fsp3) is 0.562. The summed E-state index contributed by atoms with van der Waals surface area (Å²) in [6.07, 6.45) is 3.62. The van der Waals surface area contributed by atoms with E-state index in [-0.39, 0.29) is 5.91 Å². The van der Waals surface area contributed by atoms with Gasteiger partial charge in [0, 0.05) is 6.42 Å². The maximum atomic E-state index is 12.0. The molecule has 1 aromatic rings. The zero-order valence-electron chi connectivity index (χ0n) is 13.4. The van der Waals surface area contributed by atoms with E-state index < -0.39 is 9.96 Å². The Morgan fingerprint density at radius 2 is 1.91 bits per heavy atom. The Labute approximate surface area is 152 Å². The van der Waals surface area contributed by atoms with Gasteiger partial charge in [-0.3, -0.25) is 4.79 Å². The van der Waals surface area contributed by atoms with Crippen molar-refractivity contribution in [3.05, 3.63) is 24.3 Å². The highest BCUT2D eigenvalue weighted by Crippen LogP contribution is 2.33. The number of unbranched alkanes of at least 4 members (excludes halogenated alkanes) is 3. The molecule has 0 aliphatic rings. The number of carbonyl (C=O) groups is 1. The van der Waals surface area contributed by atoms with Gasteiger partial charge in [-0.25, -0.2) is 0 Å². The van der Waals surface area contributed by atoms with E-state index in [0.717, 1.165) is 25.7 Å². The number of hydrogen-bond acceptors (Lipinski definition) is 3. The number of halogens is 3. The highest BCUT2D eigenvalue weighted by atomic mass is 35.6. The van der Waals surface area contributed by atoms with Gasteiger partial charge in [0.25, 0.3) is 0 Å². The molecular weight excluding hydrogens is 359 g/mol. The van der Waals surface area contributed by atoms with Gasteiger partial charge in [0.2, 0.25) is 9.70 Å². The Balaban J connectivity index is 2.68. The van der Waals surface area contributed by atoms with Gasteiger partial charge in [-0.15, -0.1) is 0 Å². The van der Waals surface area contributed by atoms with Crippen molar-refractivity contribution in [2.45, 2.75) is 49.0 Å². The number of carbonyl (C=O) groups excluding carboxylic acids is 1. The summed E-state index contributed by atoms with van der Waals surface area (Å²) in [5, 5.41) is 5.75. The van der Waals surface area contributed by atoms with Crippen molar-refractivity contribution in [3.8, 4) is 5.75 Å². The molecule has 23 heavy (non-hydrogen) atoms. The predicted molar refractivity (Wildman–Crippen MR) is 97.6 cm³/mol. The average Bonchev–Trinajstić information content (AvgIpc) is 2.50. The third kappa shape index (κ3) is 7.51. The van der Waals surface area contributed by atoms with E-state index in [9.17, 15) is 4.79 Å². The molecule has 0 radical (unpaired) electrons. The van der Waals surface area contributed by atoms with Crippen molar-refractivity contribution in [2.75, 3.05) is 12.4 Å². The molecule has 1 atom stereocenters. The first-order valence-electron chi connectivity index (χ1n) is 7.64. The lowest BCUT2D eigenvalue weighted by atomic mass is 10.1. The zero-order chi connectivity index (χ0) is 17.3. The minimum atomic E-state index is -1.69. The number of para-hydroxylation sites is 2. The van der Waals surface area contributed by atoms with Gasteiger partial charge < -0.3 is 15.4 Å². The molecular formula is C16H23Cl3N2O2. The summed E-state index contributed by atoms with van der Waals surface area (Å²) in [7, 11) is 1.55. The van der Waals surface area contributed by atoms with Gasteiger partial charge >= 0.3 is 0 Å². The molecule has 2 N–H and O–H groups in total. The van der Waals surface area contributed by atoms with Crippen LogP contribution < -0.4 is 15.4 Å². The van der Waals surface area contributed by atoms with Crippen molar-refractivity contribution in [1.82, 2.24) is 5.32 Å². The van der Waals surface area contributed by atoms with Crippen molar-refractivity contribution in [3.63, 3.8) is 0 Å². The third-order valence-electron chi connectivity index (χ3n) is 3.30. The van der Waals surface area contributed by atoms with Crippen LogP contribution in [-0.4, -0.2) is 23.0 Å². The number of alkyl halides is 3. The topological polar surface area (TPSA) is 50.4 Å². The summed E-state index contributed by atoms with van der Waals surface area (Å²) in [6.45, 7) is 2.12. The van der Waals surface area contributed by atoms with E-state index >= 15 is 0 Å². The summed E-state index contributed by atoms with van der Waals surface area (Å²) in [4.78, 5) is 12.0. The monoisotopic (exact) mass is 380 g/mol. The van der Waals surface area contributed by atoms with Crippen molar-refractivity contribution in [1.29, 1.82) is 0 Å². The zero-order valence-corrected chi connectivity index (χ0v) is 15.6. The second kappa shape index (κ2) is 10.1. The van der Waals surface area contributed by atoms with Crippen LogP contribution in [0.25, 0.3) is 0 Å². The number of ether oxygens (including phenoxy) is 1. The van der Waals surface area contributed by atoms with Crippen LogP contribution in [0.4, 0.5) is 5.69 Å². The molecule has 0 fully saturated rings. The van der Waals surface area contributed by atoms with E-state index in [1.54, 1.807) is 19.2 Å². The van der Waals surface area contributed by atoms with E-state index in [4.69, 9.17) is 39.5 Å². The highest BCUT2D eigenvalue weighted by Gasteiger charge is 2.34. The van der Waals surface area contributed by atoms with Crippen molar-refractivity contribution >= 4 is 46.4 Å². The molecule has 0 heterocycles. The molecule has 1 rings (SSSR count). The molecule has 4 nitrogen and oxygen atoms in total. The fourth-order valence-electron chi connectivity index (χ4n) is 2.06. The molecule has 0 spiro atoms. The summed E-state index contributed by atoms with van der Waals surface area (Å²) < 4.78 is 3.56. The average molecular weight is 382 g/mol. The van der Waals surface area contributed by atoms with Gasteiger partial charge in [0.1, 0.15) is 11.9 Å². The lowest BCUT2D eigenvalue weighted by Crippen LogP contribution is -2.49. The van der Waals surface area contributed by atoms with Crippen LogP contribution in [0.5, 0.6) is 5.75 Å². The maximum absolute atomic E-state index is 12.0. The second-order valence-corrected chi connectivity index (χ2v) is 7.57. The molecule has 0 bridgehead atoms. The molecule has 0 aliphatic heterocycles. The molecule has 1 aromatic carbocycles. The van der Waals surface area contributed by atoms with Crippen LogP contribution in [0, 0.1) is 0 Å². The molecule has 1 unspecified atom stereocenters. The normalized spacial score (nSPS) is 12.6. The van der Waals surface area contributed by atoms with Gasteiger partial charge in [0.15, 0.2) is 0 Å². The number of anilines is 1. The van der Waals surface area contributed by atoms with E-state index in [0.29, 0.717) is 17.9 Å². The van der Waals surface area contributed by atoms with Crippen LogP contribution >= 0.6 is 34.8 Å². The molecule has 0 saturated heterocycles. The van der Waals surface area contributed by atoms with Gasteiger partial charge in [0.05, 0.1) is 12.8 Å². The van der Waals surface area contributed by atoms with E-state index in [1.165, 1.54) is 0 Å². The molecule has 0 aliphatic carbocycles. The van der Waals surface area contributed by atoms with Crippen LogP contribution in [0.15, 0.2) is 24.3 Å². The first kappa shape index (κ1) is 20.2. The summed E-state index contributed by atoms with van der Waals surface area (Å²) in [5.74, 6) is 0.448. The predicted octanol–water partition coefficient (Wildman–Crippen LogP) is 4.89. The summed E-state index contributed by atoms with van der Waals surface area (Å²) >= 11 is 18.0.